The third-order valence-corrected chi connectivity index (χ3v) is 4.39. The van der Waals surface area contributed by atoms with Gasteiger partial charge in [-0.1, -0.05) is 29.8 Å². The largest absolute Gasteiger partial charge is 0.383 e. The Labute approximate surface area is 108 Å². The van der Waals surface area contributed by atoms with Crippen LogP contribution in [0.1, 0.15) is 16.5 Å². The van der Waals surface area contributed by atoms with E-state index in [-0.39, 0.29) is 0 Å². The molecule has 0 fully saturated rings. The quantitative estimate of drug-likeness (QED) is 0.844. The lowest BCUT2D eigenvalue weighted by atomic mass is 10.1. The number of hydrogen-bond acceptors (Lipinski definition) is 3. The van der Waals surface area contributed by atoms with E-state index < -0.39 is 6.10 Å². The average Bonchev–Trinajstić information content (AvgIpc) is 2.75. The molecule has 2 aromatic rings. The Bertz CT molecular complexity index is 481. The van der Waals surface area contributed by atoms with Gasteiger partial charge < -0.3 is 5.11 Å². The smallest absolute Gasteiger partial charge is 0.114 e. The fraction of sp³-hybridized carbons (Fsp3) is 0.167. The first-order valence-corrected chi connectivity index (χ1v) is 7.20. The Morgan fingerprint density at radius 2 is 2.00 bits per heavy atom. The van der Waals surface area contributed by atoms with E-state index >= 15 is 0 Å². The maximum Gasteiger partial charge on any atom is 0.114 e. The molecule has 0 saturated heterocycles. The zero-order valence-corrected chi connectivity index (χ0v) is 11.1. The maximum absolute atomic E-state index is 10.3. The topological polar surface area (TPSA) is 20.2 Å². The van der Waals surface area contributed by atoms with Crippen LogP contribution in [0, 0.1) is 0 Å². The number of halogens is 1. The first-order chi connectivity index (χ1) is 7.72. The van der Waals surface area contributed by atoms with E-state index in [1.165, 1.54) is 11.3 Å². The Hall–Kier alpha value is -0.480. The van der Waals surface area contributed by atoms with Gasteiger partial charge in [-0.3, -0.25) is 0 Å². The highest BCUT2D eigenvalue weighted by molar-refractivity contribution is 7.98. The first-order valence-electron chi connectivity index (χ1n) is 4.78. The van der Waals surface area contributed by atoms with Gasteiger partial charge >= 0.3 is 0 Å². The van der Waals surface area contributed by atoms with Crippen molar-refractivity contribution in [2.75, 3.05) is 6.26 Å². The fourth-order valence-corrected chi connectivity index (χ4v) is 3.22. The summed E-state index contributed by atoms with van der Waals surface area (Å²) in [4.78, 5) is 1.98. The Morgan fingerprint density at radius 3 is 2.62 bits per heavy atom. The summed E-state index contributed by atoms with van der Waals surface area (Å²) in [5.41, 5.74) is 0.938. The Kier molecular flexibility index (Phi) is 3.92. The molecule has 0 bridgehead atoms. The summed E-state index contributed by atoms with van der Waals surface area (Å²) in [5, 5.41) is 10.3. The summed E-state index contributed by atoms with van der Waals surface area (Å²) in [7, 11) is 0. The highest BCUT2D eigenvalue weighted by Crippen LogP contribution is 2.34. The van der Waals surface area contributed by atoms with Gasteiger partial charge in [-0.25, -0.2) is 0 Å². The molecule has 1 aromatic heterocycles. The lowest BCUT2D eigenvalue weighted by Crippen LogP contribution is -1.98. The van der Waals surface area contributed by atoms with Crippen LogP contribution >= 0.6 is 34.7 Å². The van der Waals surface area contributed by atoms with Crippen LogP contribution in [0.15, 0.2) is 41.3 Å². The first kappa shape index (κ1) is 12.0. The molecule has 1 nitrogen and oxygen atoms in total. The Balaban J connectivity index is 2.36. The van der Waals surface area contributed by atoms with Crippen molar-refractivity contribution in [2.24, 2.45) is 0 Å². The number of benzene rings is 1. The minimum atomic E-state index is -0.582. The van der Waals surface area contributed by atoms with Crippen LogP contribution in [-0.4, -0.2) is 11.4 Å². The molecule has 0 aliphatic carbocycles. The highest BCUT2D eigenvalue weighted by Gasteiger charge is 2.15. The molecule has 1 N–H and O–H groups in total. The molecule has 1 heterocycles. The van der Waals surface area contributed by atoms with Crippen LogP contribution in [-0.2, 0) is 0 Å². The van der Waals surface area contributed by atoms with Crippen molar-refractivity contribution < 1.29 is 5.11 Å². The molecule has 0 spiro atoms. The van der Waals surface area contributed by atoms with Crippen molar-refractivity contribution >= 4 is 34.7 Å². The van der Waals surface area contributed by atoms with Crippen LogP contribution in [0.5, 0.6) is 0 Å². The van der Waals surface area contributed by atoms with E-state index in [0.717, 1.165) is 15.3 Å². The molecule has 16 heavy (non-hydrogen) atoms. The summed E-state index contributed by atoms with van der Waals surface area (Å²) < 4.78 is 0.704. The van der Waals surface area contributed by atoms with Crippen molar-refractivity contribution in [3.63, 3.8) is 0 Å². The van der Waals surface area contributed by atoms with Crippen LogP contribution in [0.2, 0.25) is 4.34 Å². The molecular formula is C12H11ClOS2. The average molecular weight is 271 g/mol. The number of thiophene rings is 1. The third kappa shape index (κ3) is 2.43. The van der Waals surface area contributed by atoms with Gasteiger partial charge in [0.25, 0.3) is 0 Å². The van der Waals surface area contributed by atoms with Gasteiger partial charge in [0.1, 0.15) is 6.10 Å². The standard InChI is InChI=1S/C12H11ClOS2/c1-15-9-5-3-2-4-8(9)12(14)10-6-7-11(13)16-10/h2-7,12,14H,1H3. The summed E-state index contributed by atoms with van der Waals surface area (Å²) in [6.45, 7) is 0. The van der Waals surface area contributed by atoms with Crippen molar-refractivity contribution in [3.05, 3.63) is 51.2 Å². The van der Waals surface area contributed by atoms with Crippen molar-refractivity contribution in [1.29, 1.82) is 0 Å². The van der Waals surface area contributed by atoms with Crippen LogP contribution in [0.3, 0.4) is 0 Å². The van der Waals surface area contributed by atoms with Crippen LogP contribution in [0.4, 0.5) is 0 Å². The molecule has 0 saturated carbocycles. The monoisotopic (exact) mass is 270 g/mol. The Morgan fingerprint density at radius 1 is 1.25 bits per heavy atom. The van der Waals surface area contributed by atoms with Gasteiger partial charge in [-0.15, -0.1) is 23.1 Å². The van der Waals surface area contributed by atoms with E-state index in [9.17, 15) is 5.11 Å². The zero-order valence-electron chi connectivity index (χ0n) is 8.68. The summed E-state index contributed by atoms with van der Waals surface area (Å²) in [5.74, 6) is 0. The lowest BCUT2D eigenvalue weighted by Gasteiger charge is -2.12. The van der Waals surface area contributed by atoms with E-state index in [2.05, 4.69) is 0 Å². The second kappa shape index (κ2) is 5.23. The third-order valence-electron chi connectivity index (χ3n) is 2.30. The van der Waals surface area contributed by atoms with E-state index in [0.29, 0.717) is 4.34 Å². The molecule has 0 aliphatic rings. The second-order valence-corrected chi connectivity index (χ2v) is 5.88. The molecule has 2 rings (SSSR count). The maximum atomic E-state index is 10.3. The van der Waals surface area contributed by atoms with Gasteiger partial charge in [0.15, 0.2) is 0 Å². The molecule has 0 radical (unpaired) electrons. The summed E-state index contributed by atoms with van der Waals surface area (Å²) >= 11 is 8.92. The minimum absolute atomic E-state index is 0.582. The molecule has 4 heteroatoms. The fourth-order valence-electron chi connectivity index (χ4n) is 1.52. The van der Waals surface area contributed by atoms with Gasteiger partial charge in [0.05, 0.1) is 4.34 Å². The van der Waals surface area contributed by atoms with Gasteiger partial charge in [0, 0.05) is 9.77 Å². The number of rotatable bonds is 3. The molecule has 0 amide bonds. The normalized spacial score (nSPS) is 12.7. The number of aliphatic hydroxyl groups is 1. The SMILES string of the molecule is CSc1ccccc1C(O)c1ccc(Cl)s1. The van der Waals surface area contributed by atoms with Gasteiger partial charge in [-0.05, 0) is 30.0 Å². The molecule has 0 aliphatic heterocycles. The molecule has 1 aromatic carbocycles. The predicted molar refractivity (Wildman–Crippen MR) is 71.6 cm³/mol. The van der Waals surface area contributed by atoms with Crippen molar-refractivity contribution in [3.8, 4) is 0 Å². The van der Waals surface area contributed by atoms with Gasteiger partial charge in [-0.2, -0.15) is 0 Å². The number of thioether (sulfide) groups is 1. The van der Waals surface area contributed by atoms with E-state index in [1.54, 1.807) is 11.8 Å². The summed E-state index contributed by atoms with van der Waals surface area (Å²) in [6.07, 6.45) is 1.42. The minimum Gasteiger partial charge on any atom is -0.383 e. The van der Waals surface area contributed by atoms with Crippen molar-refractivity contribution in [1.82, 2.24) is 0 Å². The highest BCUT2D eigenvalue weighted by atomic mass is 35.5. The summed E-state index contributed by atoms with van der Waals surface area (Å²) in [6, 6.07) is 11.6. The van der Waals surface area contributed by atoms with Crippen LogP contribution < -0.4 is 0 Å². The molecular weight excluding hydrogens is 260 g/mol. The molecule has 1 unspecified atom stereocenters. The zero-order chi connectivity index (χ0) is 11.5. The van der Waals surface area contributed by atoms with Gasteiger partial charge in [0.2, 0.25) is 0 Å². The van der Waals surface area contributed by atoms with E-state index in [1.807, 2.05) is 42.7 Å². The van der Waals surface area contributed by atoms with Crippen molar-refractivity contribution in [2.45, 2.75) is 11.0 Å². The molecule has 1 atom stereocenters. The lowest BCUT2D eigenvalue weighted by molar-refractivity contribution is 0.221. The van der Waals surface area contributed by atoms with Crippen LogP contribution in [0.25, 0.3) is 0 Å². The predicted octanol–water partition coefficient (Wildman–Crippen LogP) is 4.21. The second-order valence-electron chi connectivity index (χ2n) is 3.29. The number of hydrogen-bond donors (Lipinski definition) is 1. The number of aliphatic hydroxyl groups excluding tert-OH is 1. The molecule has 84 valence electrons. The van der Waals surface area contributed by atoms with E-state index in [4.69, 9.17) is 11.6 Å².